The van der Waals surface area contributed by atoms with Crippen LogP contribution in [0.1, 0.15) is 15.9 Å². The third-order valence-electron chi connectivity index (χ3n) is 6.45. The summed E-state index contributed by atoms with van der Waals surface area (Å²) in [5.41, 5.74) is 2.02. The number of carbonyl (C=O) groups is 1. The van der Waals surface area contributed by atoms with Crippen molar-refractivity contribution in [2.75, 3.05) is 13.2 Å². The molecule has 0 fully saturated rings. The van der Waals surface area contributed by atoms with Gasteiger partial charge in [-0.15, -0.1) is 0 Å². The molecule has 36 heavy (non-hydrogen) atoms. The number of amides is 1. The largest absolute Gasteiger partial charge is 0.486 e. The molecule has 5 aromatic rings. The molecule has 1 aliphatic rings. The number of aromatic nitrogens is 2. The van der Waals surface area contributed by atoms with Gasteiger partial charge in [-0.05, 0) is 48.5 Å². The molecule has 0 saturated carbocycles. The van der Waals surface area contributed by atoms with Gasteiger partial charge in [0.2, 0.25) is 0 Å². The number of ether oxygens (including phenoxy) is 2. The van der Waals surface area contributed by atoms with Crippen LogP contribution in [0, 0.1) is 0 Å². The van der Waals surface area contributed by atoms with Gasteiger partial charge in [0, 0.05) is 35.1 Å². The van der Waals surface area contributed by atoms with Crippen molar-refractivity contribution in [3.63, 3.8) is 0 Å². The van der Waals surface area contributed by atoms with Gasteiger partial charge in [-0.3, -0.25) is 14.4 Å². The molecule has 0 spiro atoms. The number of hydrogen-bond acceptors (Lipinski definition) is 5. The number of fused-ring (bicyclic) bond motifs is 6. The molecule has 1 aliphatic heterocycles. The summed E-state index contributed by atoms with van der Waals surface area (Å²) in [7, 11) is 1.66. The highest BCUT2D eigenvalue weighted by Gasteiger charge is 2.20. The summed E-state index contributed by atoms with van der Waals surface area (Å²) in [4.78, 5) is 40.2. The van der Waals surface area contributed by atoms with Gasteiger partial charge < -0.3 is 23.8 Å². The minimum Gasteiger partial charge on any atom is -0.486 e. The molecule has 3 aromatic carbocycles. The van der Waals surface area contributed by atoms with Gasteiger partial charge >= 0.3 is 0 Å². The molecule has 2 aromatic heterocycles. The van der Waals surface area contributed by atoms with Gasteiger partial charge in [-0.25, -0.2) is 0 Å². The molecule has 1 amide bonds. The van der Waals surface area contributed by atoms with Crippen LogP contribution in [0.25, 0.3) is 27.5 Å². The lowest BCUT2D eigenvalue weighted by Crippen LogP contribution is -2.31. The van der Waals surface area contributed by atoms with Crippen LogP contribution in [0.2, 0.25) is 5.02 Å². The number of halogens is 1. The van der Waals surface area contributed by atoms with Crippen LogP contribution >= 0.6 is 11.6 Å². The van der Waals surface area contributed by atoms with Crippen LogP contribution in [-0.4, -0.2) is 28.1 Å². The Kier molecular flexibility index (Phi) is 5.19. The molecule has 6 rings (SSSR count). The average Bonchev–Trinajstić information content (AvgIpc) is 2.90. The zero-order valence-corrected chi connectivity index (χ0v) is 20.0. The van der Waals surface area contributed by atoms with Gasteiger partial charge in [0.25, 0.3) is 11.5 Å². The Bertz CT molecular complexity index is 1840. The molecule has 9 heteroatoms. The van der Waals surface area contributed by atoms with E-state index in [9.17, 15) is 14.4 Å². The van der Waals surface area contributed by atoms with Crippen molar-refractivity contribution < 1.29 is 14.3 Å². The highest BCUT2D eigenvalue weighted by Crippen LogP contribution is 2.31. The van der Waals surface area contributed by atoms with E-state index in [1.165, 1.54) is 4.57 Å². The fourth-order valence-corrected chi connectivity index (χ4v) is 4.87. The van der Waals surface area contributed by atoms with Crippen molar-refractivity contribution >= 4 is 45.0 Å². The number of aryl methyl sites for hydroxylation is 1. The Hall–Kier alpha value is -4.30. The maximum absolute atomic E-state index is 13.6. The SMILES string of the molecule is Cn1c(=O)c2c(CNC(=O)c3ccc4c(c3)OCCO4)c(=O)c3ccc(Cl)cc3n2c2ccccc21. The fourth-order valence-electron chi connectivity index (χ4n) is 4.71. The van der Waals surface area contributed by atoms with E-state index in [0.717, 1.165) is 5.52 Å². The van der Waals surface area contributed by atoms with Gasteiger partial charge in [0.15, 0.2) is 16.9 Å². The smallest absolute Gasteiger partial charge is 0.275 e. The van der Waals surface area contributed by atoms with Crippen LogP contribution in [0.15, 0.2) is 70.3 Å². The van der Waals surface area contributed by atoms with Gasteiger partial charge in [-0.1, -0.05) is 23.7 Å². The highest BCUT2D eigenvalue weighted by molar-refractivity contribution is 6.31. The molecule has 0 aliphatic carbocycles. The third kappa shape index (κ3) is 3.41. The van der Waals surface area contributed by atoms with E-state index in [4.69, 9.17) is 21.1 Å². The molecular weight excluding hydrogens is 482 g/mol. The van der Waals surface area contributed by atoms with Gasteiger partial charge in [0.1, 0.15) is 18.7 Å². The Labute approximate surface area is 209 Å². The minimum absolute atomic E-state index is 0.137. The molecule has 1 N–H and O–H groups in total. The highest BCUT2D eigenvalue weighted by atomic mass is 35.5. The van der Waals surface area contributed by atoms with Crippen molar-refractivity contribution in [1.29, 1.82) is 0 Å². The summed E-state index contributed by atoms with van der Waals surface area (Å²) in [5.74, 6) is 0.659. The average molecular weight is 502 g/mol. The van der Waals surface area contributed by atoms with Crippen LogP contribution < -0.4 is 25.8 Å². The zero-order valence-electron chi connectivity index (χ0n) is 19.2. The molecule has 0 saturated heterocycles. The first-order valence-corrected chi connectivity index (χ1v) is 11.7. The van der Waals surface area contributed by atoms with Crippen molar-refractivity contribution in [3.8, 4) is 11.5 Å². The van der Waals surface area contributed by atoms with Crippen molar-refractivity contribution in [2.45, 2.75) is 6.54 Å². The van der Waals surface area contributed by atoms with Gasteiger partial charge in [-0.2, -0.15) is 0 Å². The van der Waals surface area contributed by atoms with E-state index in [1.807, 2.05) is 24.3 Å². The first-order chi connectivity index (χ1) is 17.4. The summed E-state index contributed by atoms with van der Waals surface area (Å²) in [6.07, 6.45) is 0. The Morgan fingerprint density at radius 2 is 1.69 bits per heavy atom. The second-order valence-electron chi connectivity index (χ2n) is 8.55. The summed E-state index contributed by atoms with van der Waals surface area (Å²) in [5, 5.41) is 3.65. The first-order valence-electron chi connectivity index (χ1n) is 11.4. The third-order valence-corrected chi connectivity index (χ3v) is 6.69. The maximum atomic E-state index is 13.6. The summed E-state index contributed by atoms with van der Waals surface area (Å²) < 4.78 is 14.3. The number of nitrogens with zero attached hydrogens (tertiary/aromatic N) is 2. The molecule has 3 heterocycles. The number of hydrogen-bond donors (Lipinski definition) is 1. The molecule has 0 radical (unpaired) electrons. The van der Waals surface area contributed by atoms with Crippen LogP contribution in [0.5, 0.6) is 11.5 Å². The molecule has 180 valence electrons. The quantitative estimate of drug-likeness (QED) is 0.381. The van der Waals surface area contributed by atoms with Gasteiger partial charge in [0.05, 0.1) is 16.6 Å². The molecule has 0 bridgehead atoms. The Morgan fingerprint density at radius 3 is 2.50 bits per heavy atom. The maximum Gasteiger partial charge on any atom is 0.275 e. The summed E-state index contributed by atoms with van der Waals surface area (Å²) in [6, 6.07) is 17.3. The molecular formula is C27H20ClN3O5. The number of carbonyl (C=O) groups excluding carboxylic acids is 1. The predicted octanol–water partition coefficient (Wildman–Crippen LogP) is 3.66. The number of nitrogens with one attached hydrogen (secondary N) is 1. The number of benzene rings is 3. The van der Waals surface area contributed by atoms with E-state index in [2.05, 4.69) is 5.32 Å². The number of rotatable bonds is 3. The fraction of sp³-hybridized carbons (Fsp3) is 0.148. The van der Waals surface area contributed by atoms with Crippen LogP contribution in [0.4, 0.5) is 0 Å². The predicted molar refractivity (Wildman–Crippen MR) is 138 cm³/mol. The Balaban J connectivity index is 1.53. The summed E-state index contributed by atoms with van der Waals surface area (Å²) >= 11 is 6.28. The van der Waals surface area contributed by atoms with E-state index in [1.54, 1.807) is 47.8 Å². The minimum atomic E-state index is -0.404. The second-order valence-corrected chi connectivity index (χ2v) is 8.98. The van der Waals surface area contributed by atoms with Crippen LogP contribution in [-0.2, 0) is 13.6 Å². The lowest BCUT2D eigenvalue weighted by molar-refractivity contribution is 0.0949. The lowest BCUT2D eigenvalue weighted by Gasteiger charge is -2.19. The first kappa shape index (κ1) is 22.2. The molecule has 0 unspecified atom stereocenters. The summed E-state index contributed by atoms with van der Waals surface area (Å²) in [6.45, 7) is 0.716. The van der Waals surface area contributed by atoms with Crippen LogP contribution in [0.3, 0.4) is 0 Å². The lowest BCUT2D eigenvalue weighted by atomic mass is 10.1. The van der Waals surface area contributed by atoms with E-state index >= 15 is 0 Å². The second kappa shape index (κ2) is 8.42. The van der Waals surface area contributed by atoms with Crippen molar-refractivity contribution in [2.24, 2.45) is 7.05 Å². The number of para-hydroxylation sites is 2. The zero-order chi connectivity index (χ0) is 25.0. The number of pyridine rings is 1. The van der Waals surface area contributed by atoms with Crippen molar-refractivity contribution in [1.82, 2.24) is 14.3 Å². The topological polar surface area (TPSA) is 91.0 Å². The molecule has 0 atom stereocenters. The Morgan fingerprint density at radius 1 is 0.944 bits per heavy atom. The van der Waals surface area contributed by atoms with E-state index < -0.39 is 5.91 Å². The monoisotopic (exact) mass is 501 g/mol. The standard InChI is InChI=1S/C27H20ClN3O5/c1-30-19-4-2-3-5-20(19)31-21-13-16(28)7-8-17(21)25(32)18(24(31)27(30)34)14-29-26(33)15-6-9-22-23(12-15)36-11-10-35-22/h2-9,12-13H,10-11,14H2,1H3,(H,29,33). The normalized spacial score (nSPS) is 12.8. The van der Waals surface area contributed by atoms with E-state index in [0.29, 0.717) is 51.7 Å². The van der Waals surface area contributed by atoms with E-state index in [-0.39, 0.29) is 28.6 Å². The van der Waals surface area contributed by atoms with Crippen molar-refractivity contribution in [3.05, 3.63) is 97.4 Å². The molecule has 8 nitrogen and oxygen atoms in total.